The molecule has 7 heteroatoms. The molecule has 4 rings (SSSR count). The molecule has 4 aromatic rings. The minimum atomic E-state index is -0.424. The summed E-state index contributed by atoms with van der Waals surface area (Å²) in [5.41, 5.74) is 2.95. The van der Waals surface area contributed by atoms with Crippen LogP contribution in [0.3, 0.4) is 0 Å². The molecule has 0 saturated carbocycles. The van der Waals surface area contributed by atoms with Crippen LogP contribution < -0.4 is 24.8 Å². The van der Waals surface area contributed by atoms with E-state index in [1.807, 2.05) is 60.7 Å². The van der Waals surface area contributed by atoms with Crippen LogP contribution in [0.5, 0.6) is 23.1 Å². The van der Waals surface area contributed by atoms with Gasteiger partial charge in [-0.3, -0.25) is 0 Å². The smallest absolute Gasteiger partial charge is 0.323 e. The predicted molar refractivity (Wildman–Crippen MR) is 146 cm³/mol. The average Bonchev–Trinajstić information content (AvgIpc) is 2.88. The van der Waals surface area contributed by atoms with Crippen molar-refractivity contribution in [1.29, 1.82) is 0 Å². The topological polar surface area (TPSA) is 81.7 Å². The van der Waals surface area contributed by atoms with Crippen LogP contribution in [0.25, 0.3) is 0 Å². The Kier molecular flexibility index (Phi) is 7.93. The van der Waals surface area contributed by atoms with E-state index in [9.17, 15) is 4.79 Å². The molecule has 3 aromatic carbocycles. The van der Waals surface area contributed by atoms with E-state index in [0.717, 1.165) is 16.9 Å². The van der Waals surface area contributed by atoms with Gasteiger partial charge in [-0.15, -0.1) is 0 Å². The molecule has 0 aliphatic rings. The highest BCUT2D eigenvalue weighted by atomic mass is 16.5. The van der Waals surface area contributed by atoms with E-state index >= 15 is 0 Å². The highest BCUT2D eigenvalue weighted by Gasteiger charge is 2.20. The number of rotatable bonds is 8. The fraction of sp³-hybridized carbons (Fsp3) is 0.200. The molecule has 0 bridgehead atoms. The predicted octanol–water partition coefficient (Wildman–Crippen LogP) is 7.40. The van der Waals surface area contributed by atoms with Crippen molar-refractivity contribution < 1.29 is 19.0 Å². The van der Waals surface area contributed by atoms with E-state index < -0.39 is 6.03 Å². The largest absolute Gasteiger partial charge is 0.497 e. The van der Waals surface area contributed by atoms with Gasteiger partial charge in [-0.25, -0.2) is 9.78 Å². The zero-order chi connectivity index (χ0) is 26.3. The number of hydrogen-bond acceptors (Lipinski definition) is 5. The second-order valence-electron chi connectivity index (χ2n) is 9.45. The first kappa shape index (κ1) is 25.6. The third-order valence-corrected chi connectivity index (χ3v) is 5.55. The zero-order valence-electron chi connectivity index (χ0n) is 21.4. The first-order chi connectivity index (χ1) is 17.8. The summed E-state index contributed by atoms with van der Waals surface area (Å²) in [7, 11) is 1.63. The molecule has 1 aromatic heterocycles. The standard InChI is InChI=1S/C30H31N3O4/c1-30(2,3)25-14-5-6-16-27(25)37-28-26(15-9-17-31-28)33-29(34)32-22-11-8-13-24(19-22)36-20-21-10-7-12-23(18-21)35-4/h5-19H,20H2,1-4H3,(H2,32,33,34). The first-order valence-electron chi connectivity index (χ1n) is 12.0. The molecule has 0 aliphatic carbocycles. The van der Waals surface area contributed by atoms with Gasteiger partial charge in [0.25, 0.3) is 0 Å². The van der Waals surface area contributed by atoms with E-state index in [1.54, 1.807) is 37.6 Å². The third-order valence-electron chi connectivity index (χ3n) is 5.55. The molecule has 2 amide bonds. The van der Waals surface area contributed by atoms with Gasteiger partial charge in [0.2, 0.25) is 5.88 Å². The van der Waals surface area contributed by atoms with Gasteiger partial charge >= 0.3 is 6.03 Å². The van der Waals surface area contributed by atoms with Crippen molar-refractivity contribution in [2.24, 2.45) is 0 Å². The van der Waals surface area contributed by atoms with Gasteiger partial charge in [0.05, 0.1) is 7.11 Å². The summed E-state index contributed by atoms with van der Waals surface area (Å²) in [6, 6.07) is 25.8. The summed E-state index contributed by atoms with van der Waals surface area (Å²) in [4.78, 5) is 17.2. The first-order valence-corrected chi connectivity index (χ1v) is 12.0. The number of amides is 2. The summed E-state index contributed by atoms with van der Waals surface area (Å²) in [6.45, 7) is 6.73. The van der Waals surface area contributed by atoms with Crippen molar-refractivity contribution >= 4 is 17.4 Å². The van der Waals surface area contributed by atoms with Gasteiger partial charge in [0.15, 0.2) is 0 Å². The fourth-order valence-electron chi connectivity index (χ4n) is 3.72. The van der Waals surface area contributed by atoms with E-state index in [0.29, 0.717) is 35.4 Å². The number of nitrogens with zero attached hydrogens (tertiary/aromatic N) is 1. The maximum absolute atomic E-state index is 12.8. The Morgan fingerprint density at radius 2 is 1.65 bits per heavy atom. The van der Waals surface area contributed by atoms with E-state index in [4.69, 9.17) is 14.2 Å². The van der Waals surface area contributed by atoms with Crippen molar-refractivity contribution in [1.82, 2.24) is 4.98 Å². The number of hydrogen-bond donors (Lipinski definition) is 2. The van der Waals surface area contributed by atoms with Crippen LogP contribution in [-0.4, -0.2) is 18.1 Å². The molecule has 0 spiro atoms. The lowest BCUT2D eigenvalue weighted by atomic mass is 9.86. The average molecular weight is 498 g/mol. The lowest BCUT2D eigenvalue weighted by molar-refractivity contribution is 0.262. The Bertz CT molecular complexity index is 1360. The van der Waals surface area contributed by atoms with Gasteiger partial charge in [-0.05, 0) is 53.4 Å². The number of aromatic nitrogens is 1. The Hall–Kier alpha value is -4.52. The minimum absolute atomic E-state index is 0.115. The molecule has 2 N–H and O–H groups in total. The molecule has 190 valence electrons. The number of urea groups is 1. The normalized spacial score (nSPS) is 10.9. The summed E-state index contributed by atoms with van der Waals surface area (Å²) in [6.07, 6.45) is 1.63. The lowest BCUT2D eigenvalue weighted by Crippen LogP contribution is -2.20. The summed E-state index contributed by atoms with van der Waals surface area (Å²) >= 11 is 0. The highest BCUT2D eigenvalue weighted by molar-refractivity contribution is 6.00. The minimum Gasteiger partial charge on any atom is -0.497 e. The maximum atomic E-state index is 12.8. The quantitative estimate of drug-likeness (QED) is 0.265. The molecule has 0 aliphatic heterocycles. The monoisotopic (exact) mass is 497 g/mol. The van der Waals surface area contributed by atoms with Gasteiger partial charge in [-0.2, -0.15) is 0 Å². The molecule has 0 atom stereocenters. The van der Waals surface area contributed by atoms with Crippen LogP contribution in [0.2, 0.25) is 0 Å². The summed E-state index contributed by atoms with van der Waals surface area (Å²) < 4.78 is 17.3. The Morgan fingerprint density at radius 3 is 2.46 bits per heavy atom. The van der Waals surface area contributed by atoms with Crippen LogP contribution in [0.4, 0.5) is 16.2 Å². The number of ether oxygens (including phenoxy) is 3. The molecule has 1 heterocycles. The van der Waals surface area contributed by atoms with Crippen LogP contribution >= 0.6 is 0 Å². The number of methoxy groups -OCH3 is 1. The number of carbonyl (C=O) groups is 1. The number of nitrogens with one attached hydrogen (secondary N) is 2. The highest BCUT2D eigenvalue weighted by Crippen LogP contribution is 2.35. The van der Waals surface area contributed by atoms with E-state index in [-0.39, 0.29) is 5.41 Å². The summed E-state index contributed by atoms with van der Waals surface area (Å²) in [5, 5.41) is 5.68. The molecule has 7 nitrogen and oxygen atoms in total. The van der Waals surface area contributed by atoms with Crippen molar-refractivity contribution in [2.75, 3.05) is 17.7 Å². The number of carbonyl (C=O) groups excluding carboxylic acids is 1. The Balaban J connectivity index is 1.41. The van der Waals surface area contributed by atoms with Gasteiger partial charge in [0, 0.05) is 23.5 Å². The number of benzene rings is 3. The number of pyridine rings is 1. The zero-order valence-corrected chi connectivity index (χ0v) is 21.4. The van der Waals surface area contributed by atoms with E-state index in [1.165, 1.54) is 0 Å². The lowest BCUT2D eigenvalue weighted by Gasteiger charge is -2.22. The second-order valence-corrected chi connectivity index (χ2v) is 9.45. The van der Waals surface area contributed by atoms with Crippen molar-refractivity contribution in [2.45, 2.75) is 32.8 Å². The second kappa shape index (κ2) is 11.5. The third kappa shape index (κ3) is 7.01. The van der Waals surface area contributed by atoms with Crippen LogP contribution in [0.1, 0.15) is 31.9 Å². The van der Waals surface area contributed by atoms with E-state index in [2.05, 4.69) is 36.4 Å². The molecule has 0 saturated heterocycles. The molecule has 37 heavy (non-hydrogen) atoms. The fourth-order valence-corrected chi connectivity index (χ4v) is 3.72. The van der Waals surface area contributed by atoms with Crippen molar-refractivity contribution in [3.63, 3.8) is 0 Å². The Morgan fingerprint density at radius 1 is 0.865 bits per heavy atom. The molecule has 0 unspecified atom stereocenters. The molecule has 0 radical (unpaired) electrons. The van der Waals surface area contributed by atoms with Crippen LogP contribution in [-0.2, 0) is 12.0 Å². The molecular weight excluding hydrogens is 466 g/mol. The number of anilines is 2. The van der Waals surface area contributed by atoms with Crippen molar-refractivity contribution in [3.05, 3.63) is 102 Å². The SMILES string of the molecule is COc1cccc(COc2cccc(NC(=O)Nc3cccnc3Oc3ccccc3C(C)(C)C)c2)c1. The summed E-state index contributed by atoms with van der Waals surface area (Å²) in [5.74, 6) is 2.40. The van der Waals surface area contributed by atoms with Gasteiger partial charge < -0.3 is 24.8 Å². The maximum Gasteiger partial charge on any atom is 0.323 e. The van der Waals surface area contributed by atoms with Crippen molar-refractivity contribution in [3.8, 4) is 23.1 Å². The Labute approximate surface area is 217 Å². The number of para-hydroxylation sites is 1. The molecule has 0 fully saturated rings. The molecular formula is C30H31N3O4. The van der Waals surface area contributed by atoms with Crippen LogP contribution in [0, 0.1) is 0 Å². The van der Waals surface area contributed by atoms with Gasteiger partial charge in [0.1, 0.15) is 29.5 Å². The van der Waals surface area contributed by atoms with Gasteiger partial charge in [-0.1, -0.05) is 57.2 Å². The van der Waals surface area contributed by atoms with Crippen LogP contribution in [0.15, 0.2) is 91.1 Å².